The Kier molecular flexibility index (Phi) is 5.26. The standard InChI is InChI=1S/C17H15F4N5S/c1-9(2)22-13-7-14(23-11-5-3-4-10(18)6-11)26-15(25-13)16-24-12(8-27-16)17(19,20)21/h3-9H,1-2H3,(H2,22,23,25,26). The molecule has 10 heteroatoms. The Labute approximate surface area is 156 Å². The molecule has 3 rings (SSSR count). The summed E-state index contributed by atoms with van der Waals surface area (Å²) in [6.07, 6.45) is -4.54. The number of nitrogens with zero attached hydrogens (tertiary/aromatic N) is 3. The molecule has 142 valence electrons. The highest BCUT2D eigenvalue weighted by Crippen LogP contribution is 2.33. The zero-order valence-corrected chi connectivity index (χ0v) is 15.1. The van der Waals surface area contributed by atoms with E-state index in [0.717, 1.165) is 16.7 Å². The third-order valence-corrected chi connectivity index (χ3v) is 4.08. The van der Waals surface area contributed by atoms with Gasteiger partial charge in [-0.1, -0.05) is 6.07 Å². The maximum absolute atomic E-state index is 13.4. The molecule has 0 atom stereocenters. The van der Waals surface area contributed by atoms with E-state index in [1.54, 1.807) is 12.1 Å². The SMILES string of the molecule is CC(C)Nc1cc(Nc2cccc(F)c2)nc(-c2nc(C(F)(F)F)cs2)n1. The summed E-state index contributed by atoms with van der Waals surface area (Å²) in [7, 11) is 0. The predicted molar refractivity (Wildman–Crippen MR) is 96.6 cm³/mol. The number of anilines is 3. The smallest absolute Gasteiger partial charge is 0.368 e. The predicted octanol–water partition coefficient (Wildman–Crippen LogP) is 5.32. The number of alkyl halides is 3. The summed E-state index contributed by atoms with van der Waals surface area (Å²) in [5.41, 5.74) is -0.543. The quantitative estimate of drug-likeness (QED) is 0.571. The van der Waals surface area contributed by atoms with E-state index in [9.17, 15) is 17.6 Å². The van der Waals surface area contributed by atoms with Crippen molar-refractivity contribution in [3.63, 3.8) is 0 Å². The number of nitrogens with one attached hydrogen (secondary N) is 2. The molecule has 0 radical (unpaired) electrons. The Morgan fingerprint density at radius 1 is 1.04 bits per heavy atom. The topological polar surface area (TPSA) is 62.7 Å². The highest BCUT2D eigenvalue weighted by Gasteiger charge is 2.34. The van der Waals surface area contributed by atoms with Gasteiger partial charge in [0.25, 0.3) is 0 Å². The van der Waals surface area contributed by atoms with E-state index < -0.39 is 17.7 Å². The fourth-order valence-corrected chi connectivity index (χ4v) is 2.95. The van der Waals surface area contributed by atoms with E-state index in [-0.39, 0.29) is 16.9 Å². The van der Waals surface area contributed by atoms with Crippen molar-refractivity contribution < 1.29 is 17.6 Å². The van der Waals surface area contributed by atoms with Gasteiger partial charge in [0.05, 0.1) is 0 Å². The molecular weight excluding hydrogens is 382 g/mol. The molecule has 0 spiro atoms. The number of aromatic nitrogens is 3. The van der Waals surface area contributed by atoms with Crippen LogP contribution in [0.1, 0.15) is 19.5 Å². The number of hydrogen-bond acceptors (Lipinski definition) is 6. The van der Waals surface area contributed by atoms with Gasteiger partial charge in [-0.25, -0.2) is 19.3 Å². The van der Waals surface area contributed by atoms with Gasteiger partial charge in [0.2, 0.25) is 0 Å². The largest absolute Gasteiger partial charge is 0.434 e. The highest BCUT2D eigenvalue weighted by molar-refractivity contribution is 7.13. The van der Waals surface area contributed by atoms with Crippen LogP contribution >= 0.6 is 11.3 Å². The second-order valence-corrected chi connectivity index (χ2v) is 6.79. The molecule has 2 N–H and O–H groups in total. The van der Waals surface area contributed by atoms with Gasteiger partial charge in [0.1, 0.15) is 17.5 Å². The Morgan fingerprint density at radius 3 is 2.41 bits per heavy atom. The van der Waals surface area contributed by atoms with Gasteiger partial charge in [-0.2, -0.15) is 13.2 Å². The number of halogens is 4. The second kappa shape index (κ2) is 7.47. The van der Waals surface area contributed by atoms with Crippen LogP contribution in [0, 0.1) is 5.82 Å². The minimum atomic E-state index is -4.54. The van der Waals surface area contributed by atoms with Crippen molar-refractivity contribution in [2.75, 3.05) is 10.6 Å². The zero-order valence-electron chi connectivity index (χ0n) is 14.3. The summed E-state index contributed by atoms with van der Waals surface area (Å²) in [5, 5.41) is 6.96. The molecule has 27 heavy (non-hydrogen) atoms. The van der Waals surface area contributed by atoms with Gasteiger partial charge in [0, 0.05) is 23.2 Å². The van der Waals surface area contributed by atoms with Crippen LogP contribution in [0.25, 0.3) is 10.8 Å². The molecule has 3 aromatic rings. The molecule has 0 unspecified atom stereocenters. The van der Waals surface area contributed by atoms with Crippen molar-refractivity contribution in [2.45, 2.75) is 26.1 Å². The van der Waals surface area contributed by atoms with Crippen LogP contribution in [-0.2, 0) is 6.18 Å². The van der Waals surface area contributed by atoms with Crippen LogP contribution in [0.4, 0.5) is 34.9 Å². The van der Waals surface area contributed by atoms with E-state index in [1.165, 1.54) is 18.2 Å². The third-order valence-electron chi connectivity index (χ3n) is 3.25. The average Bonchev–Trinajstić information content (AvgIpc) is 3.04. The summed E-state index contributed by atoms with van der Waals surface area (Å²) < 4.78 is 51.8. The number of benzene rings is 1. The van der Waals surface area contributed by atoms with E-state index >= 15 is 0 Å². The van der Waals surface area contributed by atoms with E-state index in [2.05, 4.69) is 25.6 Å². The molecule has 1 aromatic carbocycles. The fraction of sp³-hybridized carbons (Fsp3) is 0.235. The first kappa shape index (κ1) is 19.0. The lowest BCUT2D eigenvalue weighted by atomic mass is 10.3. The van der Waals surface area contributed by atoms with Crippen LogP contribution in [0.15, 0.2) is 35.7 Å². The van der Waals surface area contributed by atoms with Crippen LogP contribution in [0.5, 0.6) is 0 Å². The monoisotopic (exact) mass is 397 g/mol. The Balaban J connectivity index is 1.99. The van der Waals surface area contributed by atoms with Crippen molar-refractivity contribution in [2.24, 2.45) is 0 Å². The van der Waals surface area contributed by atoms with Gasteiger partial charge < -0.3 is 10.6 Å². The molecule has 2 aromatic heterocycles. The zero-order chi connectivity index (χ0) is 19.6. The van der Waals surface area contributed by atoms with Crippen LogP contribution in [0.2, 0.25) is 0 Å². The van der Waals surface area contributed by atoms with Crippen LogP contribution in [0.3, 0.4) is 0 Å². The maximum atomic E-state index is 13.4. The van der Waals surface area contributed by atoms with Crippen molar-refractivity contribution in [1.29, 1.82) is 0 Å². The van der Waals surface area contributed by atoms with Gasteiger partial charge in [-0.05, 0) is 32.0 Å². The number of hydrogen-bond donors (Lipinski definition) is 2. The second-order valence-electron chi connectivity index (χ2n) is 5.93. The van der Waals surface area contributed by atoms with Gasteiger partial charge in [-0.3, -0.25) is 0 Å². The maximum Gasteiger partial charge on any atom is 0.434 e. The molecule has 5 nitrogen and oxygen atoms in total. The Morgan fingerprint density at radius 2 is 1.78 bits per heavy atom. The summed E-state index contributed by atoms with van der Waals surface area (Å²) in [6, 6.07) is 7.39. The molecule has 0 fully saturated rings. The first-order chi connectivity index (χ1) is 12.7. The number of thiazole rings is 1. The molecule has 0 aliphatic heterocycles. The summed E-state index contributed by atoms with van der Waals surface area (Å²) in [4.78, 5) is 12.1. The molecule has 0 aliphatic carbocycles. The van der Waals surface area contributed by atoms with E-state index in [0.29, 0.717) is 17.3 Å². The van der Waals surface area contributed by atoms with Crippen molar-refractivity contribution in [1.82, 2.24) is 15.0 Å². The molecular formula is C17H15F4N5S. The van der Waals surface area contributed by atoms with Crippen LogP contribution < -0.4 is 10.6 Å². The summed E-state index contributed by atoms with van der Waals surface area (Å²) in [6.45, 7) is 3.79. The third kappa shape index (κ3) is 4.91. The first-order valence-electron chi connectivity index (χ1n) is 7.92. The minimum Gasteiger partial charge on any atom is -0.368 e. The minimum absolute atomic E-state index is 0.0387. The average molecular weight is 397 g/mol. The normalized spacial score (nSPS) is 11.7. The Bertz CT molecular complexity index is 939. The molecule has 2 heterocycles. The highest BCUT2D eigenvalue weighted by atomic mass is 32.1. The van der Waals surface area contributed by atoms with Gasteiger partial charge in [0.15, 0.2) is 16.5 Å². The summed E-state index contributed by atoms with van der Waals surface area (Å²) >= 11 is 0.803. The molecule has 0 amide bonds. The van der Waals surface area contributed by atoms with Crippen molar-refractivity contribution in [3.05, 3.63) is 47.2 Å². The fourth-order valence-electron chi connectivity index (χ4n) is 2.20. The van der Waals surface area contributed by atoms with E-state index in [1.807, 2.05) is 13.8 Å². The lowest BCUT2D eigenvalue weighted by Crippen LogP contribution is -2.12. The number of rotatable bonds is 5. The molecule has 0 aliphatic rings. The molecule has 0 bridgehead atoms. The molecule has 0 saturated heterocycles. The lowest BCUT2D eigenvalue weighted by Gasteiger charge is -2.12. The van der Waals surface area contributed by atoms with Gasteiger partial charge in [-0.15, -0.1) is 11.3 Å². The van der Waals surface area contributed by atoms with E-state index in [4.69, 9.17) is 0 Å². The first-order valence-corrected chi connectivity index (χ1v) is 8.80. The lowest BCUT2D eigenvalue weighted by molar-refractivity contribution is -0.140. The van der Waals surface area contributed by atoms with Crippen LogP contribution in [-0.4, -0.2) is 21.0 Å². The Hall–Kier alpha value is -2.75. The van der Waals surface area contributed by atoms with Crippen molar-refractivity contribution in [3.8, 4) is 10.8 Å². The van der Waals surface area contributed by atoms with Crippen molar-refractivity contribution >= 4 is 28.7 Å². The molecule has 0 saturated carbocycles. The van der Waals surface area contributed by atoms with Gasteiger partial charge >= 0.3 is 6.18 Å². The summed E-state index contributed by atoms with van der Waals surface area (Å²) in [5.74, 6) is 0.333.